The van der Waals surface area contributed by atoms with Crippen LogP contribution in [0.4, 0.5) is 19.0 Å². The molecule has 0 aliphatic carbocycles. The molecule has 1 aromatic carbocycles. The van der Waals surface area contributed by atoms with Gasteiger partial charge in [0.05, 0.1) is 11.3 Å². The van der Waals surface area contributed by atoms with Crippen molar-refractivity contribution in [3.8, 4) is 5.69 Å². The number of halogens is 3. The number of amides is 1. The Balaban J connectivity index is 1.39. The van der Waals surface area contributed by atoms with E-state index in [2.05, 4.69) is 20.2 Å². The molecule has 5 rings (SSSR count). The zero-order valence-corrected chi connectivity index (χ0v) is 19.4. The Hall–Kier alpha value is -4.29. The van der Waals surface area contributed by atoms with Gasteiger partial charge in [0, 0.05) is 49.7 Å². The van der Waals surface area contributed by atoms with E-state index in [-0.39, 0.29) is 11.4 Å². The first-order valence-corrected chi connectivity index (χ1v) is 11.1. The molecule has 0 spiro atoms. The number of anilines is 1. The van der Waals surface area contributed by atoms with Crippen LogP contribution in [0.3, 0.4) is 0 Å². The van der Waals surface area contributed by atoms with Crippen LogP contribution >= 0.6 is 0 Å². The molecule has 0 radical (unpaired) electrons. The molecule has 13 heteroatoms. The van der Waals surface area contributed by atoms with E-state index < -0.39 is 23.1 Å². The highest BCUT2D eigenvalue weighted by atomic mass is 19.4. The lowest BCUT2D eigenvalue weighted by Gasteiger charge is -2.35. The number of hydrogen-bond acceptors (Lipinski definition) is 7. The standard InChI is InChI=1S/C23H21F3N8O2/c1-14-10-19(34-22(29-14)27-13-28-34)31-6-8-32(9-7-31)21(36)20-18(35)11-15(2)33(30-20)17-5-3-4-16(12-17)23(24,25)26/h3-5,10-13H,6-9H2,1-2H3. The number of aromatic nitrogens is 6. The van der Waals surface area contributed by atoms with Crippen molar-refractivity contribution in [1.29, 1.82) is 0 Å². The second kappa shape index (κ2) is 8.73. The lowest BCUT2D eigenvalue weighted by atomic mass is 10.2. The highest BCUT2D eigenvalue weighted by molar-refractivity contribution is 5.92. The lowest BCUT2D eigenvalue weighted by molar-refractivity contribution is -0.137. The monoisotopic (exact) mass is 498 g/mol. The van der Waals surface area contributed by atoms with Crippen molar-refractivity contribution in [3.05, 3.63) is 75.6 Å². The third-order valence-corrected chi connectivity index (χ3v) is 5.98. The summed E-state index contributed by atoms with van der Waals surface area (Å²) in [5, 5.41) is 8.38. The molecule has 1 amide bonds. The number of piperazine rings is 1. The maximum atomic E-state index is 13.2. The molecule has 0 bridgehead atoms. The van der Waals surface area contributed by atoms with Crippen molar-refractivity contribution in [2.45, 2.75) is 20.0 Å². The van der Waals surface area contributed by atoms with Crippen molar-refractivity contribution in [3.63, 3.8) is 0 Å². The van der Waals surface area contributed by atoms with Crippen LogP contribution in [0.15, 0.2) is 47.5 Å². The Morgan fingerprint density at radius 2 is 1.78 bits per heavy atom. The summed E-state index contributed by atoms with van der Waals surface area (Å²) < 4.78 is 42.4. The fraction of sp³-hybridized carbons (Fsp3) is 0.304. The molecule has 36 heavy (non-hydrogen) atoms. The van der Waals surface area contributed by atoms with Crippen molar-refractivity contribution >= 4 is 17.5 Å². The van der Waals surface area contributed by atoms with Gasteiger partial charge in [0.15, 0.2) is 5.69 Å². The number of benzene rings is 1. The maximum absolute atomic E-state index is 13.2. The summed E-state index contributed by atoms with van der Waals surface area (Å²) in [7, 11) is 0. The van der Waals surface area contributed by atoms with E-state index in [4.69, 9.17) is 0 Å². The lowest BCUT2D eigenvalue weighted by Crippen LogP contribution is -2.50. The summed E-state index contributed by atoms with van der Waals surface area (Å²) in [6.07, 6.45) is -3.12. The molecule has 0 N–H and O–H groups in total. The van der Waals surface area contributed by atoms with Gasteiger partial charge in [0.2, 0.25) is 5.43 Å². The predicted octanol–water partition coefficient (Wildman–Crippen LogP) is 2.27. The molecule has 4 aromatic rings. The van der Waals surface area contributed by atoms with Crippen molar-refractivity contribution in [1.82, 2.24) is 34.3 Å². The SMILES string of the molecule is Cc1cc(N2CCN(C(=O)c3nn(-c4cccc(C(F)(F)F)c4)c(C)cc3=O)CC2)n2ncnc2n1. The van der Waals surface area contributed by atoms with Gasteiger partial charge in [-0.05, 0) is 32.0 Å². The van der Waals surface area contributed by atoms with Gasteiger partial charge in [-0.15, -0.1) is 0 Å². The maximum Gasteiger partial charge on any atom is 0.416 e. The average molecular weight is 498 g/mol. The van der Waals surface area contributed by atoms with Gasteiger partial charge in [-0.3, -0.25) is 9.59 Å². The first kappa shape index (κ1) is 23.5. The molecule has 0 atom stereocenters. The Kier molecular flexibility index (Phi) is 5.69. The van der Waals surface area contributed by atoms with Crippen LogP contribution in [0.5, 0.6) is 0 Å². The molecule has 10 nitrogen and oxygen atoms in total. The van der Waals surface area contributed by atoms with Gasteiger partial charge >= 0.3 is 6.18 Å². The third kappa shape index (κ3) is 4.27. The molecule has 0 saturated carbocycles. The molecule has 4 heterocycles. The summed E-state index contributed by atoms with van der Waals surface area (Å²) >= 11 is 0. The summed E-state index contributed by atoms with van der Waals surface area (Å²) in [5.41, 5.74) is -0.585. The molecule has 1 aliphatic heterocycles. The van der Waals surface area contributed by atoms with E-state index in [1.807, 2.05) is 17.9 Å². The molecule has 0 unspecified atom stereocenters. The number of rotatable bonds is 3. The fourth-order valence-electron chi connectivity index (χ4n) is 4.20. The van der Waals surface area contributed by atoms with Crippen LogP contribution in [0.1, 0.15) is 27.4 Å². The number of hydrogen-bond donors (Lipinski definition) is 0. The highest BCUT2D eigenvalue weighted by Gasteiger charge is 2.31. The summed E-state index contributed by atoms with van der Waals surface area (Å²) in [5.74, 6) is 0.696. The van der Waals surface area contributed by atoms with Gasteiger partial charge in [0.1, 0.15) is 12.1 Å². The largest absolute Gasteiger partial charge is 0.416 e. The molecular formula is C23H21F3N8O2. The molecule has 1 fully saturated rings. The van der Waals surface area contributed by atoms with E-state index in [1.165, 1.54) is 34.1 Å². The van der Waals surface area contributed by atoms with E-state index in [1.54, 1.807) is 11.4 Å². The predicted molar refractivity (Wildman–Crippen MR) is 123 cm³/mol. The number of carbonyl (C=O) groups excluding carboxylic acids is 1. The Morgan fingerprint density at radius 1 is 1.03 bits per heavy atom. The van der Waals surface area contributed by atoms with Gasteiger partial charge in [0.25, 0.3) is 11.7 Å². The Labute approximate surface area is 202 Å². The smallest absolute Gasteiger partial charge is 0.353 e. The number of alkyl halides is 3. The minimum absolute atomic E-state index is 0.103. The van der Waals surface area contributed by atoms with Gasteiger partial charge < -0.3 is 9.80 Å². The van der Waals surface area contributed by atoms with Gasteiger partial charge in [-0.25, -0.2) is 9.67 Å². The van der Waals surface area contributed by atoms with Crippen LogP contribution in [0, 0.1) is 13.8 Å². The Morgan fingerprint density at radius 3 is 2.50 bits per heavy atom. The van der Waals surface area contributed by atoms with E-state index in [9.17, 15) is 22.8 Å². The molecule has 1 saturated heterocycles. The molecule has 186 valence electrons. The summed E-state index contributed by atoms with van der Waals surface area (Å²) in [4.78, 5) is 37.9. The van der Waals surface area contributed by atoms with Crippen molar-refractivity contribution in [2.75, 3.05) is 31.1 Å². The first-order valence-electron chi connectivity index (χ1n) is 11.1. The normalized spacial score (nSPS) is 14.5. The minimum Gasteiger partial charge on any atom is -0.353 e. The van der Waals surface area contributed by atoms with E-state index in [0.717, 1.165) is 23.6 Å². The van der Waals surface area contributed by atoms with Gasteiger partial charge in [-0.1, -0.05) is 6.07 Å². The Bertz CT molecular complexity index is 1520. The topological polar surface area (TPSA) is 102 Å². The van der Waals surface area contributed by atoms with E-state index >= 15 is 0 Å². The van der Waals surface area contributed by atoms with Crippen LogP contribution in [0.2, 0.25) is 0 Å². The molecule has 1 aliphatic rings. The number of aryl methyl sites for hydroxylation is 2. The summed E-state index contributed by atoms with van der Waals surface area (Å²) in [6.45, 7) is 4.97. The van der Waals surface area contributed by atoms with Crippen molar-refractivity contribution in [2.24, 2.45) is 0 Å². The van der Waals surface area contributed by atoms with Crippen molar-refractivity contribution < 1.29 is 18.0 Å². The average Bonchev–Trinajstić information content (AvgIpc) is 3.31. The quantitative estimate of drug-likeness (QED) is 0.427. The molecule has 3 aromatic heterocycles. The highest BCUT2D eigenvalue weighted by Crippen LogP contribution is 2.30. The molecular weight excluding hydrogens is 477 g/mol. The second-order valence-corrected chi connectivity index (χ2v) is 8.47. The third-order valence-electron chi connectivity index (χ3n) is 5.98. The van der Waals surface area contributed by atoms with E-state index in [0.29, 0.717) is 37.7 Å². The second-order valence-electron chi connectivity index (χ2n) is 8.47. The zero-order valence-electron chi connectivity index (χ0n) is 19.4. The summed E-state index contributed by atoms with van der Waals surface area (Å²) in [6, 6.07) is 7.66. The minimum atomic E-state index is -4.54. The number of nitrogens with zero attached hydrogens (tertiary/aromatic N) is 8. The first-order chi connectivity index (χ1) is 17.1. The number of fused-ring (bicyclic) bond motifs is 1. The van der Waals surface area contributed by atoms with Crippen LogP contribution in [0.25, 0.3) is 11.5 Å². The van der Waals surface area contributed by atoms with Crippen LogP contribution in [-0.4, -0.2) is 66.3 Å². The van der Waals surface area contributed by atoms with Crippen LogP contribution in [-0.2, 0) is 6.18 Å². The zero-order chi connectivity index (χ0) is 25.6. The van der Waals surface area contributed by atoms with Crippen LogP contribution < -0.4 is 10.3 Å². The fourth-order valence-corrected chi connectivity index (χ4v) is 4.20. The number of carbonyl (C=O) groups is 1. The van der Waals surface area contributed by atoms with Gasteiger partial charge in [-0.2, -0.15) is 32.9 Å².